The Kier molecular flexibility index (Phi) is 7.41. The average Bonchev–Trinajstić information content (AvgIpc) is 3.14. The van der Waals surface area contributed by atoms with Gasteiger partial charge in [0, 0.05) is 5.92 Å². The van der Waals surface area contributed by atoms with E-state index < -0.39 is 29.6 Å². The molecule has 1 aliphatic carbocycles. The number of ether oxygens (including phenoxy) is 1. The summed E-state index contributed by atoms with van der Waals surface area (Å²) in [7, 11) is 0. The van der Waals surface area contributed by atoms with Crippen LogP contribution in [0.2, 0.25) is 0 Å². The molecule has 1 unspecified atom stereocenters. The molecule has 0 aromatic heterocycles. The van der Waals surface area contributed by atoms with Crippen LogP contribution in [0.25, 0.3) is 11.1 Å². The quantitative estimate of drug-likeness (QED) is 0.526. The Morgan fingerprint density at radius 1 is 1.03 bits per heavy atom. The zero-order chi connectivity index (χ0) is 24.2. The minimum Gasteiger partial charge on any atom is -0.480 e. The Balaban J connectivity index is 1.68. The third kappa shape index (κ3) is 5.02. The lowest BCUT2D eigenvalue weighted by molar-refractivity contribution is -0.144. The number of amides is 2. The Labute approximate surface area is 194 Å². The summed E-state index contributed by atoms with van der Waals surface area (Å²) in [5.74, 6) is -1.99. The summed E-state index contributed by atoms with van der Waals surface area (Å²) in [5, 5.41) is 14.7. The van der Waals surface area contributed by atoms with Crippen LogP contribution in [-0.4, -0.2) is 41.3 Å². The van der Waals surface area contributed by atoms with Gasteiger partial charge in [-0.1, -0.05) is 75.7 Å². The van der Waals surface area contributed by atoms with E-state index >= 15 is 0 Å². The fourth-order valence-electron chi connectivity index (χ4n) is 4.15. The van der Waals surface area contributed by atoms with E-state index in [9.17, 15) is 19.5 Å². The van der Waals surface area contributed by atoms with Crippen LogP contribution in [-0.2, 0) is 14.3 Å². The Morgan fingerprint density at radius 3 is 2.06 bits per heavy atom. The van der Waals surface area contributed by atoms with Gasteiger partial charge in [0.2, 0.25) is 5.91 Å². The van der Waals surface area contributed by atoms with E-state index in [0.29, 0.717) is 6.42 Å². The number of benzene rings is 2. The van der Waals surface area contributed by atoms with E-state index in [4.69, 9.17) is 4.74 Å². The molecule has 0 radical (unpaired) electrons. The standard InChI is InChI=1S/C26H32N2O5/c1-5-16(3)22(23(29)30)27-24(31)26(4,6-2)28-25(32)33-15-21-19-13-9-7-11-17(19)18-12-8-10-14-20(18)21/h7-14,16,21-22H,5-6,15H2,1-4H3,(H,27,31)(H,28,32)(H,29,30)/t16-,22-,26?/m0/s1. The highest BCUT2D eigenvalue weighted by Gasteiger charge is 2.38. The fraction of sp³-hybridized carbons (Fsp3) is 0.423. The van der Waals surface area contributed by atoms with Crippen molar-refractivity contribution in [2.24, 2.45) is 5.92 Å². The van der Waals surface area contributed by atoms with Gasteiger partial charge in [0.1, 0.15) is 18.2 Å². The number of nitrogens with one attached hydrogen (secondary N) is 2. The lowest BCUT2D eigenvalue weighted by atomic mass is 9.94. The summed E-state index contributed by atoms with van der Waals surface area (Å²) in [6.07, 6.45) is 0.155. The summed E-state index contributed by atoms with van der Waals surface area (Å²) >= 11 is 0. The summed E-state index contributed by atoms with van der Waals surface area (Å²) in [4.78, 5) is 37.2. The van der Waals surface area contributed by atoms with Crippen molar-refractivity contribution >= 4 is 18.0 Å². The molecule has 0 bridgehead atoms. The van der Waals surface area contributed by atoms with Crippen LogP contribution >= 0.6 is 0 Å². The highest BCUT2D eigenvalue weighted by Crippen LogP contribution is 2.44. The van der Waals surface area contributed by atoms with Crippen molar-refractivity contribution in [3.63, 3.8) is 0 Å². The molecule has 3 N–H and O–H groups in total. The number of aliphatic carboxylic acids is 1. The minimum atomic E-state index is -1.30. The van der Waals surface area contributed by atoms with E-state index in [2.05, 4.69) is 22.8 Å². The van der Waals surface area contributed by atoms with Gasteiger partial charge in [0.25, 0.3) is 0 Å². The number of carbonyl (C=O) groups excluding carboxylic acids is 2. The fourth-order valence-corrected chi connectivity index (χ4v) is 4.15. The molecule has 3 atom stereocenters. The van der Waals surface area contributed by atoms with Crippen LogP contribution in [0, 0.1) is 5.92 Å². The van der Waals surface area contributed by atoms with Crippen LogP contribution in [0.5, 0.6) is 0 Å². The molecule has 33 heavy (non-hydrogen) atoms. The van der Waals surface area contributed by atoms with E-state index in [1.807, 2.05) is 43.3 Å². The van der Waals surface area contributed by atoms with E-state index in [1.54, 1.807) is 20.8 Å². The van der Waals surface area contributed by atoms with Crippen LogP contribution in [0.3, 0.4) is 0 Å². The lowest BCUT2D eigenvalue weighted by Gasteiger charge is -2.31. The molecule has 176 valence electrons. The maximum atomic E-state index is 12.9. The molecule has 2 aromatic rings. The van der Waals surface area contributed by atoms with E-state index in [0.717, 1.165) is 22.3 Å². The van der Waals surface area contributed by atoms with Gasteiger partial charge in [-0.15, -0.1) is 0 Å². The molecule has 3 rings (SSSR count). The third-order valence-electron chi connectivity index (χ3n) is 6.70. The monoisotopic (exact) mass is 452 g/mol. The van der Waals surface area contributed by atoms with Crippen molar-refractivity contribution in [3.8, 4) is 11.1 Å². The predicted molar refractivity (Wildman–Crippen MR) is 126 cm³/mol. The highest BCUT2D eigenvalue weighted by molar-refractivity contribution is 5.92. The van der Waals surface area contributed by atoms with Gasteiger partial charge >= 0.3 is 12.1 Å². The lowest BCUT2D eigenvalue weighted by Crippen LogP contribution is -2.60. The van der Waals surface area contributed by atoms with Crippen LogP contribution in [0.4, 0.5) is 4.79 Å². The first-order chi connectivity index (χ1) is 15.7. The topological polar surface area (TPSA) is 105 Å². The molecule has 0 heterocycles. The molecule has 0 saturated heterocycles. The number of hydrogen-bond acceptors (Lipinski definition) is 4. The molecule has 7 heteroatoms. The number of rotatable bonds is 9. The van der Waals surface area contributed by atoms with Crippen molar-refractivity contribution in [3.05, 3.63) is 59.7 Å². The highest BCUT2D eigenvalue weighted by atomic mass is 16.5. The molecule has 7 nitrogen and oxygen atoms in total. The first-order valence-corrected chi connectivity index (χ1v) is 11.4. The molecule has 2 aromatic carbocycles. The van der Waals surface area contributed by atoms with Gasteiger partial charge in [0.15, 0.2) is 0 Å². The molecule has 0 aliphatic heterocycles. The van der Waals surface area contributed by atoms with Gasteiger partial charge in [-0.2, -0.15) is 0 Å². The zero-order valence-corrected chi connectivity index (χ0v) is 19.6. The molecule has 2 amide bonds. The van der Waals surface area contributed by atoms with Crippen molar-refractivity contribution < 1.29 is 24.2 Å². The Bertz CT molecular complexity index is 991. The SMILES string of the molecule is CC[C@H](C)[C@H](NC(=O)C(C)(CC)NC(=O)OCC1c2ccccc2-c2ccccc21)C(=O)O. The molecule has 0 saturated carbocycles. The Hall–Kier alpha value is -3.35. The number of carboxylic acids is 1. The molecular formula is C26H32N2O5. The number of carboxylic acid groups (broad SMARTS) is 1. The van der Waals surface area contributed by atoms with E-state index in [-0.39, 0.29) is 24.9 Å². The molecule has 1 aliphatic rings. The van der Waals surface area contributed by atoms with Crippen LogP contribution < -0.4 is 10.6 Å². The van der Waals surface area contributed by atoms with Gasteiger partial charge in [-0.25, -0.2) is 9.59 Å². The number of fused-ring (bicyclic) bond motifs is 3. The normalized spacial score (nSPS) is 16.0. The average molecular weight is 453 g/mol. The summed E-state index contributed by atoms with van der Waals surface area (Å²) < 4.78 is 5.56. The zero-order valence-electron chi connectivity index (χ0n) is 19.6. The largest absolute Gasteiger partial charge is 0.480 e. The minimum absolute atomic E-state index is 0.0911. The Morgan fingerprint density at radius 2 is 1.58 bits per heavy atom. The number of carbonyl (C=O) groups is 3. The second kappa shape index (κ2) is 10.1. The predicted octanol–water partition coefficient (Wildman–Crippen LogP) is 4.31. The van der Waals surface area contributed by atoms with Crippen LogP contribution in [0.15, 0.2) is 48.5 Å². The van der Waals surface area contributed by atoms with Crippen molar-refractivity contribution in [1.29, 1.82) is 0 Å². The van der Waals surface area contributed by atoms with Crippen LogP contribution in [0.1, 0.15) is 57.6 Å². The summed E-state index contributed by atoms with van der Waals surface area (Å²) in [6.45, 7) is 7.08. The second-order valence-electron chi connectivity index (χ2n) is 8.81. The van der Waals surface area contributed by atoms with Crippen molar-refractivity contribution in [2.45, 2.75) is 58.0 Å². The van der Waals surface area contributed by atoms with Gasteiger partial charge in [0.05, 0.1) is 0 Å². The smallest absolute Gasteiger partial charge is 0.408 e. The number of alkyl carbamates (subject to hydrolysis) is 1. The maximum absolute atomic E-state index is 12.9. The van der Waals surface area contributed by atoms with Gasteiger partial charge in [-0.05, 0) is 41.5 Å². The molecular weight excluding hydrogens is 420 g/mol. The van der Waals surface area contributed by atoms with E-state index in [1.165, 1.54) is 0 Å². The first-order valence-electron chi connectivity index (χ1n) is 11.4. The third-order valence-corrected chi connectivity index (χ3v) is 6.70. The van der Waals surface area contributed by atoms with Crippen molar-refractivity contribution in [2.75, 3.05) is 6.61 Å². The summed E-state index contributed by atoms with van der Waals surface area (Å²) in [5.41, 5.74) is 3.15. The molecule has 0 spiro atoms. The maximum Gasteiger partial charge on any atom is 0.408 e. The van der Waals surface area contributed by atoms with Gasteiger partial charge in [-0.3, -0.25) is 4.79 Å². The second-order valence-corrected chi connectivity index (χ2v) is 8.81. The van der Waals surface area contributed by atoms with Gasteiger partial charge < -0.3 is 20.5 Å². The summed E-state index contributed by atoms with van der Waals surface area (Å²) in [6, 6.07) is 15.1. The number of hydrogen-bond donors (Lipinski definition) is 3. The molecule has 0 fully saturated rings. The van der Waals surface area contributed by atoms with Crippen molar-refractivity contribution in [1.82, 2.24) is 10.6 Å². The first kappa shape index (κ1) is 24.3.